The molecule has 0 amide bonds. The molecule has 2 aromatic heterocycles. The maximum absolute atomic E-state index is 11.4. The summed E-state index contributed by atoms with van der Waals surface area (Å²) in [6, 6.07) is 0. The number of hydrogen-bond acceptors (Lipinski definition) is 4. The highest BCUT2D eigenvalue weighted by Gasteiger charge is 2.16. The molecule has 2 heterocycles. The molecule has 0 bridgehead atoms. The van der Waals surface area contributed by atoms with Gasteiger partial charge in [0.15, 0.2) is 5.69 Å². The predicted molar refractivity (Wildman–Crippen MR) is 51.8 cm³/mol. The van der Waals surface area contributed by atoms with Gasteiger partial charge in [-0.3, -0.25) is 9.20 Å². The predicted octanol–water partition coefficient (Wildman–Crippen LogP) is 0.199. The smallest absolute Gasteiger partial charge is 0.359 e. The quantitative estimate of drug-likeness (QED) is 0.713. The fourth-order valence-corrected chi connectivity index (χ4v) is 1.31. The van der Waals surface area contributed by atoms with Crippen LogP contribution < -0.4 is 5.56 Å². The highest BCUT2D eigenvalue weighted by molar-refractivity contribution is 5.94. The summed E-state index contributed by atoms with van der Waals surface area (Å²) in [5.74, 6) is -0.586. The third-order valence-corrected chi connectivity index (χ3v) is 1.93. The van der Waals surface area contributed by atoms with Gasteiger partial charge < -0.3 is 9.72 Å². The standard InChI is InChI=1S/C9H9N3O3/c1-2-15-9(14)6-7-8(13)10-3-4-12(7)5-11-6/h3-5H,2H2,1H3,(H,10,13). The van der Waals surface area contributed by atoms with Crippen LogP contribution in [0, 0.1) is 0 Å². The van der Waals surface area contributed by atoms with Crippen molar-refractivity contribution >= 4 is 11.5 Å². The molecule has 0 spiro atoms. The normalized spacial score (nSPS) is 10.5. The molecule has 0 saturated carbocycles. The third kappa shape index (κ3) is 1.50. The second kappa shape index (κ2) is 3.56. The van der Waals surface area contributed by atoms with Gasteiger partial charge in [-0.1, -0.05) is 0 Å². The van der Waals surface area contributed by atoms with E-state index in [1.165, 1.54) is 16.9 Å². The number of nitrogens with one attached hydrogen (secondary N) is 1. The molecule has 6 nitrogen and oxygen atoms in total. The van der Waals surface area contributed by atoms with Crippen LogP contribution in [0.25, 0.3) is 5.52 Å². The van der Waals surface area contributed by atoms with Gasteiger partial charge in [0.2, 0.25) is 0 Å². The number of carbonyl (C=O) groups is 1. The largest absolute Gasteiger partial charge is 0.461 e. The maximum atomic E-state index is 11.4. The number of nitrogens with zero attached hydrogens (tertiary/aromatic N) is 2. The minimum atomic E-state index is -0.586. The van der Waals surface area contributed by atoms with Crippen LogP contribution in [0.4, 0.5) is 0 Å². The van der Waals surface area contributed by atoms with Crippen molar-refractivity contribution in [3.8, 4) is 0 Å². The molecular weight excluding hydrogens is 198 g/mol. The summed E-state index contributed by atoms with van der Waals surface area (Å²) in [6.45, 7) is 1.95. The van der Waals surface area contributed by atoms with Crippen molar-refractivity contribution in [2.24, 2.45) is 0 Å². The Bertz CT molecular complexity index is 555. The van der Waals surface area contributed by atoms with Crippen LogP contribution in [0.1, 0.15) is 17.4 Å². The van der Waals surface area contributed by atoms with Crippen molar-refractivity contribution in [1.82, 2.24) is 14.4 Å². The Labute approximate surface area is 84.5 Å². The van der Waals surface area contributed by atoms with Gasteiger partial charge in [-0.2, -0.15) is 0 Å². The first-order valence-corrected chi connectivity index (χ1v) is 4.45. The van der Waals surface area contributed by atoms with Crippen LogP contribution in [0.5, 0.6) is 0 Å². The molecule has 0 aliphatic heterocycles. The van der Waals surface area contributed by atoms with E-state index in [1.54, 1.807) is 13.1 Å². The minimum absolute atomic E-state index is 0.0405. The number of aromatic nitrogens is 3. The van der Waals surface area contributed by atoms with Gasteiger partial charge in [0.05, 0.1) is 6.61 Å². The molecule has 0 aliphatic rings. The van der Waals surface area contributed by atoms with E-state index in [9.17, 15) is 9.59 Å². The third-order valence-electron chi connectivity index (χ3n) is 1.93. The number of aromatic amines is 1. The molecule has 0 atom stereocenters. The Balaban J connectivity index is 2.62. The maximum Gasteiger partial charge on any atom is 0.359 e. The summed E-state index contributed by atoms with van der Waals surface area (Å²) in [4.78, 5) is 29.2. The molecule has 0 saturated heterocycles. The molecule has 6 heteroatoms. The molecule has 0 fully saturated rings. The first-order chi connectivity index (χ1) is 7.24. The average molecular weight is 207 g/mol. The van der Waals surface area contributed by atoms with Crippen LogP contribution in [0.2, 0.25) is 0 Å². The van der Waals surface area contributed by atoms with Gasteiger partial charge >= 0.3 is 5.97 Å². The number of imidazole rings is 1. The van der Waals surface area contributed by atoms with Crippen molar-refractivity contribution in [2.75, 3.05) is 6.61 Å². The summed E-state index contributed by atoms with van der Waals surface area (Å²) in [5, 5.41) is 0. The number of fused-ring (bicyclic) bond motifs is 1. The van der Waals surface area contributed by atoms with Crippen molar-refractivity contribution in [3.05, 3.63) is 34.8 Å². The van der Waals surface area contributed by atoms with E-state index < -0.39 is 5.97 Å². The second-order valence-corrected chi connectivity index (χ2v) is 2.86. The van der Waals surface area contributed by atoms with Gasteiger partial charge in [0.25, 0.3) is 5.56 Å². The summed E-state index contributed by atoms with van der Waals surface area (Å²) in [7, 11) is 0. The number of ether oxygens (including phenoxy) is 1. The van der Waals surface area contributed by atoms with Crippen molar-refractivity contribution in [2.45, 2.75) is 6.92 Å². The van der Waals surface area contributed by atoms with Gasteiger partial charge in [0, 0.05) is 12.4 Å². The lowest BCUT2D eigenvalue weighted by Gasteiger charge is -1.97. The molecular formula is C9H9N3O3. The summed E-state index contributed by atoms with van der Waals surface area (Å²) >= 11 is 0. The first kappa shape index (κ1) is 9.45. The zero-order chi connectivity index (χ0) is 10.8. The highest BCUT2D eigenvalue weighted by Crippen LogP contribution is 2.05. The van der Waals surface area contributed by atoms with E-state index in [1.807, 2.05) is 0 Å². The van der Waals surface area contributed by atoms with E-state index in [0.29, 0.717) is 0 Å². The molecule has 78 valence electrons. The monoisotopic (exact) mass is 207 g/mol. The van der Waals surface area contributed by atoms with E-state index in [2.05, 4.69) is 9.97 Å². The minimum Gasteiger partial charge on any atom is -0.461 e. The summed E-state index contributed by atoms with van der Waals surface area (Å²) in [6.07, 6.45) is 4.48. The fourth-order valence-electron chi connectivity index (χ4n) is 1.31. The van der Waals surface area contributed by atoms with Crippen LogP contribution >= 0.6 is 0 Å². The molecule has 2 aromatic rings. The van der Waals surface area contributed by atoms with Gasteiger partial charge in [-0.15, -0.1) is 0 Å². The molecule has 2 rings (SSSR count). The van der Waals surface area contributed by atoms with Crippen molar-refractivity contribution < 1.29 is 9.53 Å². The lowest BCUT2D eigenvalue weighted by molar-refractivity contribution is 0.0522. The molecule has 0 aliphatic carbocycles. The second-order valence-electron chi connectivity index (χ2n) is 2.86. The van der Waals surface area contributed by atoms with Crippen LogP contribution in [0.15, 0.2) is 23.5 Å². The lowest BCUT2D eigenvalue weighted by atomic mass is 10.4. The zero-order valence-electron chi connectivity index (χ0n) is 8.06. The summed E-state index contributed by atoms with van der Waals surface area (Å²) < 4.78 is 6.26. The van der Waals surface area contributed by atoms with Crippen LogP contribution in [-0.2, 0) is 4.74 Å². The van der Waals surface area contributed by atoms with E-state index in [0.717, 1.165) is 0 Å². The van der Waals surface area contributed by atoms with Gasteiger partial charge in [-0.05, 0) is 6.92 Å². The summed E-state index contributed by atoms with van der Waals surface area (Å²) in [5.41, 5.74) is -0.118. The van der Waals surface area contributed by atoms with Gasteiger partial charge in [0.1, 0.15) is 11.8 Å². The number of H-pyrrole nitrogens is 1. The Morgan fingerprint density at radius 1 is 1.67 bits per heavy atom. The van der Waals surface area contributed by atoms with Crippen molar-refractivity contribution in [3.63, 3.8) is 0 Å². The molecule has 0 radical (unpaired) electrons. The SMILES string of the molecule is CCOC(=O)c1ncn2cc[nH]c(=O)c12. The number of hydrogen-bond donors (Lipinski definition) is 1. The molecule has 15 heavy (non-hydrogen) atoms. The molecule has 0 aromatic carbocycles. The number of carbonyl (C=O) groups excluding carboxylic acids is 1. The number of esters is 1. The van der Waals surface area contributed by atoms with E-state index in [-0.39, 0.29) is 23.4 Å². The zero-order valence-corrected chi connectivity index (χ0v) is 8.06. The fraction of sp³-hybridized carbons (Fsp3) is 0.222. The van der Waals surface area contributed by atoms with Crippen LogP contribution in [0.3, 0.4) is 0 Å². The van der Waals surface area contributed by atoms with Crippen molar-refractivity contribution in [1.29, 1.82) is 0 Å². The Hall–Kier alpha value is -2.11. The number of rotatable bonds is 2. The highest BCUT2D eigenvalue weighted by atomic mass is 16.5. The average Bonchev–Trinajstić information content (AvgIpc) is 2.63. The van der Waals surface area contributed by atoms with E-state index >= 15 is 0 Å². The first-order valence-electron chi connectivity index (χ1n) is 4.45. The Morgan fingerprint density at radius 3 is 3.20 bits per heavy atom. The molecule has 0 unspecified atom stereocenters. The topological polar surface area (TPSA) is 76.5 Å². The van der Waals surface area contributed by atoms with Crippen LogP contribution in [-0.4, -0.2) is 26.9 Å². The van der Waals surface area contributed by atoms with E-state index in [4.69, 9.17) is 4.74 Å². The van der Waals surface area contributed by atoms with Gasteiger partial charge in [-0.25, -0.2) is 9.78 Å². The molecule has 1 N–H and O–H groups in total. The Kier molecular flexibility index (Phi) is 2.24. The lowest BCUT2D eigenvalue weighted by Crippen LogP contribution is -2.13. The Morgan fingerprint density at radius 2 is 2.47 bits per heavy atom.